The Morgan fingerprint density at radius 3 is 2.83 bits per heavy atom. The maximum atomic E-state index is 12.2. The summed E-state index contributed by atoms with van der Waals surface area (Å²) in [5.41, 5.74) is 3.04. The van der Waals surface area contributed by atoms with E-state index in [1.807, 2.05) is 19.1 Å². The Bertz CT molecular complexity index is 830. The zero-order valence-electron chi connectivity index (χ0n) is 13.3. The molecular formula is C16H16N6O2. The summed E-state index contributed by atoms with van der Waals surface area (Å²) in [5.74, 6) is 0.469. The van der Waals surface area contributed by atoms with E-state index >= 15 is 0 Å². The van der Waals surface area contributed by atoms with Crippen molar-refractivity contribution in [3.05, 3.63) is 54.1 Å². The highest BCUT2D eigenvalue weighted by Gasteiger charge is 2.10. The lowest BCUT2D eigenvalue weighted by Crippen LogP contribution is -2.15. The molecule has 0 bridgehead atoms. The molecule has 0 radical (unpaired) electrons. The number of methoxy groups -OCH3 is 1. The van der Waals surface area contributed by atoms with Gasteiger partial charge in [0.15, 0.2) is 0 Å². The van der Waals surface area contributed by atoms with E-state index in [-0.39, 0.29) is 12.3 Å². The molecule has 0 atom stereocenters. The van der Waals surface area contributed by atoms with Crippen LogP contribution in [-0.2, 0) is 11.2 Å². The number of pyridine rings is 1. The first-order valence-corrected chi connectivity index (χ1v) is 7.28. The fourth-order valence-electron chi connectivity index (χ4n) is 2.21. The number of carbonyl (C=O) groups is 1. The van der Waals surface area contributed by atoms with Gasteiger partial charge in [0.2, 0.25) is 5.91 Å². The Hall–Kier alpha value is -3.29. The topological polar surface area (TPSA) is 94.8 Å². The number of hydrogen-bond donors (Lipinski definition) is 1. The Labute approximate surface area is 138 Å². The summed E-state index contributed by atoms with van der Waals surface area (Å²) in [6.45, 7) is 1.90. The molecule has 0 unspecified atom stereocenters. The first kappa shape index (κ1) is 15.6. The average Bonchev–Trinajstić information content (AvgIpc) is 3.11. The van der Waals surface area contributed by atoms with Crippen LogP contribution in [0.2, 0.25) is 0 Å². The average molecular weight is 324 g/mol. The van der Waals surface area contributed by atoms with Crippen molar-refractivity contribution in [1.29, 1.82) is 0 Å². The van der Waals surface area contributed by atoms with Gasteiger partial charge in [0.05, 0.1) is 13.5 Å². The summed E-state index contributed by atoms with van der Waals surface area (Å²) < 4.78 is 6.77. The maximum Gasteiger partial charge on any atom is 0.228 e. The first-order valence-electron chi connectivity index (χ1n) is 7.28. The van der Waals surface area contributed by atoms with Crippen molar-refractivity contribution in [2.24, 2.45) is 0 Å². The number of nitrogens with one attached hydrogen (secondary N) is 1. The molecule has 1 N–H and O–H groups in total. The van der Waals surface area contributed by atoms with E-state index in [0.717, 1.165) is 11.3 Å². The molecule has 0 aliphatic heterocycles. The second-order valence-corrected chi connectivity index (χ2v) is 5.17. The smallest absolute Gasteiger partial charge is 0.228 e. The second kappa shape index (κ2) is 6.86. The lowest BCUT2D eigenvalue weighted by Gasteiger charge is -2.11. The van der Waals surface area contributed by atoms with Crippen molar-refractivity contribution in [2.75, 3.05) is 12.4 Å². The molecule has 8 nitrogen and oxygen atoms in total. The lowest BCUT2D eigenvalue weighted by molar-refractivity contribution is -0.115. The minimum Gasteiger partial charge on any atom is -0.494 e. The molecule has 8 heteroatoms. The molecule has 3 rings (SSSR count). The summed E-state index contributed by atoms with van der Waals surface area (Å²) >= 11 is 0. The van der Waals surface area contributed by atoms with Gasteiger partial charge in [-0.15, -0.1) is 5.10 Å². The third-order valence-corrected chi connectivity index (χ3v) is 3.40. The number of benzene rings is 1. The Balaban J connectivity index is 1.76. The molecule has 122 valence electrons. The number of ether oxygens (including phenoxy) is 1. The molecule has 0 aliphatic rings. The molecular weight excluding hydrogens is 308 g/mol. The number of nitrogens with zero attached hydrogens (tertiary/aromatic N) is 5. The highest BCUT2D eigenvalue weighted by molar-refractivity contribution is 5.92. The Morgan fingerprint density at radius 2 is 2.17 bits per heavy atom. The van der Waals surface area contributed by atoms with Crippen molar-refractivity contribution in [3.63, 3.8) is 0 Å². The highest BCUT2D eigenvalue weighted by Crippen LogP contribution is 2.25. The van der Waals surface area contributed by atoms with Crippen LogP contribution in [0.15, 0.2) is 42.9 Å². The van der Waals surface area contributed by atoms with E-state index in [1.54, 1.807) is 31.5 Å². The molecule has 1 aromatic carbocycles. The summed E-state index contributed by atoms with van der Waals surface area (Å²) in [5, 5.41) is 13.9. The van der Waals surface area contributed by atoms with Crippen molar-refractivity contribution in [2.45, 2.75) is 13.3 Å². The van der Waals surface area contributed by atoms with Crippen LogP contribution in [0.25, 0.3) is 5.69 Å². The maximum absolute atomic E-state index is 12.2. The Kier molecular flexibility index (Phi) is 4.46. The van der Waals surface area contributed by atoms with E-state index < -0.39 is 0 Å². The summed E-state index contributed by atoms with van der Waals surface area (Å²) in [4.78, 5) is 16.4. The minimum atomic E-state index is -0.131. The molecule has 2 heterocycles. The number of aryl methyl sites for hydroxylation is 1. The van der Waals surface area contributed by atoms with Gasteiger partial charge in [-0.2, -0.15) is 4.68 Å². The van der Waals surface area contributed by atoms with Gasteiger partial charge >= 0.3 is 0 Å². The van der Waals surface area contributed by atoms with Crippen LogP contribution < -0.4 is 10.1 Å². The fraction of sp³-hybridized carbons (Fsp3) is 0.188. The van der Waals surface area contributed by atoms with Gasteiger partial charge in [0.1, 0.15) is 17.8 Å². The van der Waals surface area contributed by atoms with E-state index in [9.17, 15) is 4.79 Å². The molecule has 2 aromatic heterocycles. The number of anilines is 1. The second-order valence-electron chi connectivity index (χ2n) is 5.17. The van der Waals surface area contributed by atoms with Crippen molar-refractivity contribution >= 4 is 11.6 Å². The van der Waals surface area contributed by atoms with Crippen LogP contribution >= 0.6 is 0 Å². The monoisotopic (exact) mass is 324 g/mol. The molecule has 3 aromatic rings. The van der Waals surface area contributed by atoms with Gasteiger partial charge in [-0.3, -0.25) is 9.78 Å². The number of carbonyl (C=O) groups excluding carboxylic acids is 1. The molecule has 0 fully saturated rings. The number of rotatable bonds is 5. The van der Waals surface area contributed by atoms with Gasteiger partial charge < -0.3 is 10.1 Å². The van der Waals surface area contributed by atoms with Gasteiger partial charge in [-0.1, -0.05) is 6.07 Å². The minimum absolute atomic E-state index is 0.131. The summed E-state index contributed by atoms with van der Waals surface area (Å²) in [7, 11) is 1.56. The quantitative estimate of drug-likeness (QED) is 0.765. The van der Waals surface area contributed by atoms with Crippen molar-refractivity contribution in [1.82, 2.24) is 25.2 Å². The van der Waals surface area contributed by atoms with Crippen LogP contribution in [0, 0.1) is 6.92 Å². The van der Waals surface area contributed by atoms with Crippen LogP contribution in [0.5, 0.6) is 5.75 Å². The standard InChI is InChI=1S/C16H16N6O2/c1-11-3-4-12(9-17-11)7-16(23)19-13-5-6-15(24-2)14(8-13)22-10-18-20-21-22/h3-6,8-10H,7H2,1-2H3,(H,19,23). The van der Waals surface area contributed by atoms with Crippen LogP contribution in [0.4, 0.5) is 5.69 Å². The molecule has 0 spiro atoms. The van der Waals surface area contributed by atoms with Crippen LogP contribution in [0.1, 0.15) is 11.3 Å². The van der Waals surface area contributed by atoms with Crippen molar-refractivity contribution < 1.29 is 9.53 Å². The molecule has 24 heavy (non-hydrogen) atoms. The van der Waals surface area contributed by atoms with E-state index in [2.05, 4.69) is 25.8 Å². The lowest BCUT2D eigenvalue weighted by atomic mass is 10.2. The highest BCUT2D eigenvalue weighted by atomic mass is 16.5. The summed E-state index contributed by atoms with van der Waals surface area (Å²) in [6, 6.07) is 9.03. The number of hydrogen-bond acceptors (Lipinski definition) is 6. The van der Waals surface area contributed by atoms with Gasteiger partial charge in [0.25, 0.3) is 0 Å². The van der Waals surface area contributed by atoms with Crippen LogP contribution in [0.3, 0.4) is 0 Å². The SMILES string of the molecule is COc1ccc(NC(=O)Cc2ccc(C)nc2)cc1-n1cnnn1. The largest absolute Gasteiger partial charge is 0.494 e. The third kappa shape index (κ3) is 3.54. The predicted molar refractivity (Wildman–Crippen MR) is 87.0 cm³/mol. The van der Waals surface area contributed by atoms with Gasteiger partial charge in [0, 0.05) is 17.6 Å². The van der Waals surface area contributed by atoms with E-state index in [1.165, 1.54) is 11.0 Å². The zero-order chi connectivity index (χ0) is 16.9. The molecule has 0 aliphatic carbocycles. The predicted octanol–water partition coefficient (Wildman–Crippen LogP) is 1.56. The Morgan fingerprint density at radius 1 is 1.29 bits per heavy atom. The first-order chi connectivity index (χ1) is 11.7. The molecule has 1 amide bonds. The van der Waals surface area contributed by atoms with Crippen molar-refractivity contribution in [3.8, 4) is 11.4 Å². The van der Waals surface area contributed by atoms with Crippen LogP contribution in [-0.4, -0.2) is 38.2 Å². The molecule has 0 saturated carbocycles. The number of amides is 1. The number of tetrazole rings is 1. The molecule has 0 saturated heterocycles. The van der Waals surface area contributed by atoms with Gasteiger partial charge in [-0.25, -0.2) is 0 Å². The van der Waals surface area contributed by atoms with Gasteiger partial charge in [-0.05, 0) is 47.2 Å². The fourth-order valence-corrected chi connectivity index (χ4v) is 2.21. The third-order valence-electron chi connectivity index (χ3n) is 3.40. The zero-order valence-corrected chi connectivity index (χ0v) is 13.3. The summed E-state index contributed by atoms with van der Waals surface area (Å²) in [6.07, 6.45) is 3.41. The van der Waals surface area contributed by atoms with E-state index in [4.69, 9.17) is 4.74 Å². The number of aromatic nitrogens is 5. The normalized spacial score (nSPS) is 10.4. The van der Waals surface area contributed by atoms with E-state index in [0.29, 0.717) is 17.1 Å².